The van der Waals surface area contributed by atoms with Crippen LogP contribution in [0.15, 0.2) is 46.2 Å². The lowest BCUT2D eigenvalue weighted by Gasteiger charge is -2.22. The molecule has 0 amide bonds. The van der Waals surface area contributed by atoms with Crippen LogP contribution in [0, 0.1) is 0 Å². The molecule has 0 aliphatic rings. The van der Waals surface area contributed by atoms with Gasteiger partial charge in [-0.3, -0.25) is 0 Å². The van der Waals surface area contributed by atoms with Gasteiger partial charge in [-0.2, -0.15) is 0 Å². The summed E-state index contributed by atoms with van der Waals surface area (Å²) in [5.74, 6) is -2.51. The van der Waals surface area contributed by atoms with Gasteiger partial charge in [0.2, 0.25) is 0 Å². The second-order valence-electron chi connectivity index (χ2n) is 7.08. The average molecular weight is 474 g/mol. The molecule has 0 radical (unpaired) electrons. The monoisotopic (exact) mass is 473 g/mol. The number of rotatable bonds is 11. The molecule has 4 N–H and O–H groups in total. The molecule has 0 fully saturated rings. The molecule has 0 saturated heterocycles. The first kappa shape index (κ1) is 24.8. The predicted molar refractivity (Wildman–Crippen MR) is 114 cm³/mol. The van der Waals surface area contributed by atoms with E-state index in [4.69, 9.17) is 0 Å². The van der Waals surface area contributed by atoms with Crippen molar-refractivity contribution in [2.75, 3.05) is 6.54 Å². The van der Waals surface area contributed by atoms with Gasteiger partial charge >= 0.3 is 0 Å². The molecule has 0 unspecified atom stereocenters. The number of aromatic hydroxyl groups is 4. The second-order valence-corrected chi connectivity index (χ2v) is 11.0. The van der Waals surface area contributed by atoms with Crippen LogP contribution < -0.4 is 0 Å². The Morgan fingerprint density at radius 1 is 0.645 bits per heavy atom. The summed E-state index contributed by atoms with van der Waals surface area (Å²) in [4.78, 5) is -1.03. The number of phenolic OH excluding ortho intramolecular Hbond substituents is 4. The summed E-state index contributed by atoms with van der Waals surface area (Å²) in [6, 6.07) is 5.41. The number of phenols is 4. The molecule has 9 nitrogen and oxygen atoms in total. The summed E-state index contributed by atoms with van der Waals surface area (Å²) in [5.41, 5.74) is 0. The number of hydrogen-bond acceptors (Lipinski definition) is 8. The number of hydrogen-bond donors (Lipinski definition) is 4. The maximum Gasteiger partial charge on any atom is 0.256 e. The molecule has 2 rings (SSSR count). The zero-order valence-electron chi connectivity index (χ0n) is 17.1. The average Bonchev–Trinajstić information content (AvgIpc) is 2.70. The van der Waals surface area contributed by atoms with Gasteiger partial charge in [-0.15, -0.1) is 0 Å². The minimum atomic E-state index is -4.64. The fourth-order valence-electron chi connectivity index (χ4n) is 2.95. The van der Waals surface area contributed by atoms with Gasteiger partial charge in [-0.1, -0.05) is 42.7 Å². The summed E-state index contributed by atoms with van der Waals surface area (Å²) < 4.78 is 53.0. The lowest BCUT2D eigenvalue weighted by molar-refractivity contribution is 0.401. The van der Waals surface area contributed by atoms with Crippen molar-refractivity contribution in [1.82, 2.24) is 3.71 Å². The summed E-state index contributed by atoms with van der Waals surface area (Å²) in [6.07, 6.45) is 4.72. The first-order valence-corrected chi connectivity index (χ1v) is 12.7. The second kappa shape index (κ2) is 10.2. The van der Waals surface area contributed by atoms with Crippen LogP contribution in [-0.4, -0.2) is 47.5 Å². The molecule has 0 aromatic heterocycles. The summed E-state index contributed by atoms with van der Waals surface area (Å²) >= 11 is 0. The van der Waals surface area contributed by atoms with E-state index in [1.807, 2.05) is 0 Å². The van der Waals surface area contributed by atoms with E-state index in [2.05, 4.69) is 6.92 Å². The van der Waals surface area contributed by atoms with E-state index in [0.29, 0.717) is 10.1 Å². The van der Waals surface area contributed by atoms with Crippen molar-refractivity contribution in [3.05, 3.63) is 36.4 Å². The van der Waals surface area contributed by atoms with Gasteiger partial charge in [0.1, 0.15) is 0 Å². The Labute approximate surface area is 182 Å². The zero-order valence-corrected chi connectivity index (χ0v) is 18.7. The lowest BCUT2D eigenvalue weighted by Crippen LogP contribution is -2.37. The minimum absolute atomic E-state index is 0.274. The molecule has 31 heavy (non-hydrogen) atoms. The lowest BCUT2D eigenvalue weighted by atomic mass is 10.1. The summed E-state index contributed by atoms with van der Waals surface area (Å²) in [5, 5.41) is 38.3. The van der Waals surface area contributed by atoms with Crippen molar-refractivity contribution >= 4 is 20.0 Å². The Kier molecular flexibility index (Phi) is 8.15. The highest BCUT2D eigenvalue weighted by Gasteiger charge is 2.37. The fourth-order valence-corrected chi connectivity index (χ4v) is 6.71. The molecule has 0 spiro atoms. The third kappa shape index (κ3) is 5.81. The normalized spacial score (nSPS) is 12.3. The van der Waals surface area contributed by atoms with Crippen molar-refractivity contribution in [3.8, 4) is 23.0 Å². The number of nitrogens with zero attached hydrogens (tertiary/aromatic N) is 1. The predicted octanol–water partition coefficient (Wildman–Crippen LogP) is 3.25. The molecule has 0 bridgehead atoms. The van der Waals surface area contributed by atoms with Crippen LogP contribution in [-0.2, 0) is 20.0 Å². The van der Waals surface area contributed by atoms with E-state index >= 15 is 0 Å². The van der Waals surface area contributed by atoms with Gasteiger partial charge in [0.05, 0.1) is 9.79 Å². The zero-order chi connectivity index (χ0) is 23.2. The fraction of sp³-hybridized carbons (Fsp3) is 0.400. The molecule has 0 aliphatic heterocycles. The largest absolute Gasteiger partial charge is 0.504 e. The Hall–Kier alpha value is -2.50. The van der Waals surface area contributed by atoms with Crippen LogP contribution in [0.4, 0.5) is 0 Å². The molecule has 172 valence electrons. The van der Waals surface area contributed by atoms with E-state index in [1.165, 1.54) is 0 Å². The van der Waals surface area contributed by atoms with Crippen LogP contribution in [0.5, 0.6) is 23.0 Å². The molecule has 2 aromatic carbocycles. The van der Waals surface area contributed by atoms with Crippen molar-refractivity contribution in [2.45, 2.75) is 55.2 Å². The third-order valence-electron chi connectivity index (χ3n) is 4.72. The Bertz CT molecular complexity index is 1030. The van der Waals surface area contributed by atoms with Crippen LogP contribution >= 0.6 is 0 Å². The van der Waals surface area contributed by atoms with Gasteiger partial charge in [-0.05, 0) is 30.7 Å². The Morgan fingerprint density at radius 2 is 1.06 bits per heavy atom. The molecule has 0 aliphatic carbocycles. The Balaban J connectivity index is 2.44. The van der Waals surface area contributed by atoms with Gasteiger partial charge in [0.25, 0.3) is 20.0 Å². The molecule has 0 saturated carbocycles. The molecule has 0 heterocycles. The first-order valence-electron chi connectivity index (χ1n) is 9.83. The van der Waals surface area contributed by atoms with E-state index in [0.717, 1.165) is 62.1 Å². The van der Waals surface area contributed by atoms with Gasteiger partial charge in [0.15, 0.2) is 23.0 Å². The van der Waals surface area contributed by atoms with Crippen LogP contribution in [0.1, 0.15) is 45.4 Å². The summed E-state index contributed by atoms with van der Waals surface area (Å²) in [7, 11) is -9.27. The van der Waals surface area contributed by atoms with Crippen molar-refractivity contribution < 1.29 is 37.3 Å². The molecule has 2 aromatic rings. The highest BCUT2D eigenvalue weighted by Crippen LogP contribution is 2.33. The number of sulfonamides is 2. The maximum atomic E-state index is 13.2. The van der Waals surface area contributed by atoms with Gasteiger partial charge in [0, 0.05) is 18.7 Å². The maximum absolute atomic E-state index is 13.2. The molecular weight excluding hydrogens is 446 g/mol. The van der Waals surface area contributed by atoms with Crippen LogP contribution in [0.3, 0.4) is 0 Å². The van der Waals surface area contributed by atoms with Gasteiger partial charge in [-0.25, -0.2) is 16.8 Å². The standard InChI is InChI=1S/C20H27NO8S2/c1-2-3-4-5-6-7-12-21(30(26,27)15-8-10-17(22)19(24)13-15)31(28,29)16-9-11-18(23)20(25)14-16/h8-11,13-14,22-25H,2-7,12H2,1H3. The van der Waals surface area contributed by atoms with Gasteiger partial charge < -0.3 is 20.4 Å². The van der Waals surface area contributed by atoms with Crippen molar-refractivity contribution in [3.63, 3.8) is 0 Å². The number of benzene rings is 2. The minimum Gasteiger partial charge on any atom is -0.504 e. The quantitative estimate of drug-likeness (QED) is 0.287. The van der Waals surface area contributed by atoms with Crippen molar-refractivity contribution in [2.24, 2.45) is 0 Å². The molecule has 11 heteroatoms. The highest BCUT2D eigenvalue weighted by molar-refractivity contribution is 8.04. The SMILES string of the molecule is CCCCCCCCN(S(=O)(=O)c1ccc(O)c(O)c1)S(=O)(=O)c1ccc(O)c(O)c1. The van der Waals surface area contributed by atoms with Crippen LogP contribution in [0.25, 0.3) is 0 Å². The Morgan fingerprint density at radius 3 is 1.48 bits per heavy atom. The van der Waals surface area contributed by atoms with Crippen LogP contribution in [0.2, 0.25) is 0 Å². The number of unbranched alkanes of at least 4 members (excludes halogenated alkanes) is 5. The van der Waals surface area contributed by atoms with E-state index in [-0.39, 0.29) is 13.0 Å². The molecular formula is C20H27NO8S2. The first-order chi connectivity index (χ1) is 14.5. The molecule has 0 atom stereocenters. The highest BCUT2D eigenvalue weighted by atomic mass is 32.3. The topological polar surface area (TPSA) is 152 Å². The van der Waals surface area contributed by atoms with E-state index in [1.54, 1.807) is 0 Å². The smallest absolute Gasteiger partial charge is 0.256 e. The van der Waals surface area contributed by atoms with E-state index in [9.17, 15) is 37.3 Å². The van der Waals surface area contributed by atoms with E-state index < -0.39 is 52.8 Å². The summed E-state index contributed by atoms with van der Waals surface area (Å²) in [6.45, 7) is 1.71. The third-order valence-corrected chi connectivity index (χ3v) is 9.03. The van der Waals surface area contributed by atoms with Crippen molar-refractivity contribution in [1.29, 1.82) is 0 Å².